The van der Waals surface area contributed by atoms with Crippen LogP contribution in [-0.4, -0.2) is 53.7 Å². The van der Waals surface area contributed by atoms with Gasteiger partial charge in [-0.3, -0.25) is 9.59 Å². The van der Waals surface area contributed by atoms with Crippen LogP contribution in [0.15, 0.2) is 48.5 Å². The van der Waals surface area contributed by atoms with Crippen LogP contribution in [0.4, 0.5) is 4.79 Å². The molecule has 2 aromatic rings. The molecule has 5 atom stereocenters. The number of piperidine rings is 2. The van der Waals surface area contributed by atoms with Gasteiger partial charge in [0.05, 0.1) is 5.92 Å². The number of hydrogen-bond donors (Lipinski definition) is 2. The van der Waals surface area contributed by atoms with Crippen molar-refractivity contribution < 1.29 is 24.2 Å². The average Bonchev–Trinajstić information content (AvgIpc) is 3.60. The van der Waals surface area contributed by atoms with E-state index in [2.05, 4.69) is 29.6 Å². The average molecular weight is 475 g/mol. The highest BCUT2D eigenvalue weighted by Crippen LogP contribution is 2.46. The van der Waals surface area contributed by atoms with Crippen LogP contribution >= 0.6 is 0 Å². The summed E-state index contributed by atoms with van der Waals surface area (Å²) >= 11 is 0. The van der Waals surface area contributed by atoms with Crippen LogP contribution in [0.5, 0.6) is 0 Å². The summed E-state index contributed by atoms with van der Waals surface area (Å²) in [6.07, 6.45) is 2.74. The molecule has 2 amide bonds. The number of hydrogen-bond acceptors (Lipinski definition) is 4. The van der Waals surface area contributed by atoms with Gasteiger partial charge >= 0.3 is 12.1 Å². The molecule has 4 fully saturated rings. The van der Waals surface area contributed by atoms with Crippen LogP contribution in [0.25, 0.3) is 11.1 Å². The number of carbonyl (C=O) groups excluding carboxylic acids is 2. The standard InChI is InChI=1S/C28H30N2O5/c31-26(30-14-16-9-10-25(30)23(11-16)27(32)33)22-12-17(22)13-29-28(34)35-15-24-20-7-3-1-5-18(20)19-6-2-4-8-21(19)24/h1-8,16-17,22-25H,9-15H2,(H,29,34)(H,32,33). The fourth-order valence-electron chi connectivity index (χ4n) is 6.57. The molecule has 7 nitrogen and oxygen atoms in total. The summed E-state index contributed by atoms with van der Waals surface area (Å²) < 4.78 is 5.60. The second kappa shape index (κ2) is 8.70. The van der Waals surface area contributed by atoms with Gasteiger partial charge in [-0.1, -0.05) is 48.5 Å². The molecule has 2 N–H and O–H groups in total. The zero-order chi connectivity index (χ0) is 24.1. The van der Waals surface area contributed by atoms with Crippen LogP contribution in [0.2, 0.25) is 0 Å². The molecule has 5 aliphatic rings. The predicted octanol–water partition coefficient (Wildman–Crippen LogP) is 3.87. The smallest absolute Gasteiger partial charge is 0.407 e. The summed E-state index contributed by atoms with van der Waals surface area (Å²) in [7, 11) is 0. The number of benzene rings is 2. The van der Waals surface area contributed by atoms with Gasteiger partial charge in [0.25, 0.3) is 0 Å². The van der Waals surface area contributed by atoms with E-state index in [4.69, 9.17) is 4.74 Å². The maximum atomic E-state index is 13.1. The molecule has 3 aliphatic carbocycles. The van der Waals surface area contributed by atoms with Crippen molar-refractivity contribution in [3.63, 3.8) is 0 Å². The zero-order valence-corrected chi connectivity index (χ0v) is 19.6. The minimum Gasteiger partial charge on any atom is -0.481 e. The SMILES string of the molecule is O=C(NCC1CC1C(=O)N1CC2CCC1C(C(=O)O)C2)OCC1c2ccccc2-c2ccccc21. The van der Waals surface area contributed by atoms with Crippen molar-refractivity contribution in [3.05, 3.63) is 59.7 Å². The molecular weight excluding hydrogens is 444 g/mol. The van der Waals surface area contributed by atoms with Crippen LogP contribution in [-0.2, 0) is 14.3 Å². The van der Waals surface area contributed by atoms with Gasteiger partial charge in [-0.15, -0.1) is 0 Å². The summed E-state index contributed by atoms with van der Waals surface area (Å²) in [4.78, 5) is 39.0. The molecule has 0 spiro atoms. The number of rotatable bonds is 6. The molecule has 7 rings (SSSR count). The Hall–Kier alpha value is -3.35. The summed E-state index contributed by atoms with van der Waals surface area (Å²) in [5.74, 6) is -0.903. The normalized spacial score (nSPS) is 28.2. The highest BCUT2D eigenvalue weighted by atomic mass is 16.5. The van der Waals surface area contributed by atoms with Crippen molar-refractivity contribution in [2.24, 2.45) is 23.7 Å². The molecule has 2 aromatic carbocycles. The van der Waals surface area contributed by atoms with E-state index in [9.17, 15) is 19.5 Å². The number of fused-ring (bicyclic) bond motifs is 6. The number of alkyl carbamates (subject to hydrolysis) is 1. The van der Waals surface area contributed by atoms with Crippen molar-refractivity contribution in [2.45, 2.75) is 37.6 Å². The Kier molecular flexibility index (Phi) is 5.50. The molecule has 0 radical (unpaired) electrons. The van der Waals surface area contributed by atoms with Gasteiger partial charge < -0.3 is 20.1 Å². The van der Waals surface area contributed by atoms with E-state index in [1.54, 1.807) is 0 Å². The molecular formula is C28H30N2O5. The first-order chi connectivity index (χ1) is 17.0. The Morgan fingerprint density at radius 1 is 0.943 bits per heavy atom. The van der Waals surface area contributed by atoms with E-state index in [0.29, 0.717) is 25.4 Å². The fraction of sp³-hybridized carbons (Fsp3) is 0.464. The quantitative estimate of drug-likeness (QED) is 0.663. The van der Waals surface area contributed by atoms with E-state index >= 15 is 0 Å². The molecule has 5 unspecified atom stereocenters. The Balaban J connectivity index is 1.01. The molecule has 2 bridgehead atoms. The van der Waals surface area contributed by atoms with Gasteiger partial charge in [0.15, 0.2) is 0 Å². The topological polar surface area (TPSA) is 95.9 Å². The van der Waals surface area contributed by atoms with Crippen molar-refractivity contribution >= 4 is 18.0 Å². The second-order valence-corrected chi connectivity index (χ2v) is 10.5. The number of nitrogens with zero attached hydrogens (tertiary/aromatic N) is 1. The minimum absolute atomic E-state index is 0.0140. The third kappa shape index (κ3) is 3.97. The maximum Gasteiger partial charge on any atom is 0.407 e. The largest absolute Gasteiger partial charge is 0.481 e. The molecule has 2 aliphatic heterocycles. The van der Waals surface area contributed by atoms with Crippen LogP contribution in [0, 0.1) is 23.7 Å². The summed E-state index contributed by atoms with van der Waals surface area (Å²) in [6.45, 7) is 1.34. The Labute approximate surface area is 204 Å². The fourth-order valence-corrected chi connectivity index (χ4v) is 6.57. The van der Waals surface area contributed by atoms with E-state index in [1.807, 2.05) is 29.2 Å². The number of carboxylic acid groups (broad SMARTS) is 1. The molecule has 2 saturated carbocycles. The van der Waals surface area contributed by atoms with Crippen LogP contribution < -0.4 is 5.32 Å². The third-order valence-corrected chi connectivity index (χ3v) is 8.47. The summed E-state index contributed by atoms with van der Waals surface area (Å²) in [5, 5.41) is 12.4. The molecule has 2 heterocycles. The van der Waals surface area contributed by atoms with Gasteiger partial charge in [0, 0.05) is 31.0 Å². The number of aliphatic carboxylic acids is 1. The number of nitrogens with one attached hydrogen (secondary N) is 1. The summed E-state index contributed by atoms with van der Waals surface area (Å²) in [6, 6.07) is 16.3. The molecule has 7 heteroatoms. The van der Waals surface area contributed by atoms with Gasteiger partial charge in [-0.25, -0.2) is 4.79 Å². The van der Waals surface area contributed by atoms with Crippen molar-refractivity contribution in [2.75, 3.05) is 19.7 Å². The lowest BCUT2D eigenvalue weighted by Crippen LogP contribution is -2.57. The minimum atomic E-state index is -0.790. The van der Waals surface area contributed by atoms with Crippen molar-refractivity contribution in [3.8, 4) is 11.1 Å². The lowest BCUT2D eigenvalue weighted by molar-refractivity contribution is -0.156. The van der Waals surface area contributed by atoms with Crippen molar-refractivity contribution in [1.82, 2.24) is 10.2 Å². The number of amides is 2. The van der Waals surface area contributed by atoms with Crippen LogP contribution in [0.3, 0.4) is 0 Å². The third-order valence-electron chi connectivity index (χ3n) is 8.47. The molecule has 0 aromatic heterocycles. The predicted molar refractivity (Wildman–Crippen MR) is 129 cm³/mol. The number of carbonyl (C=O) groups is 3. The highest BCUT2D eigenvalue weighted by Gasteiger charge is 2.51. The van der Waals surface area contributed by atoms with E-state index < -0.39 is 18.0 Å². The van der Waals surface area contributed by atoms with Crippen molar-refractivity contribution in [1.29, 1.82) is 0 Å². The molecule has 182 valence electrons. The lowest BCUT2D eigenvalue weighted by Gasteiger charge is -2.48. The van der Waals surface area contributed by atoms with E-state index in [0.717, 1.165) is 19.3 Å². The molecule has 2 saturated heterocycles. The van der Waals surface area contributed by atoms with Gasteiger partial charge in [0.2, 0.25) is 5.91 Å². The number of ether oxygens (including phenoxy) is 1. The first kappa shape index (κ1) is 22.1. The van der Waals surface area contributed by atoms with E-state index in [1.165, 1.54) is 22.3 Å². The first-order valence-electron chi connectivity index (χ1n) is 12.6. The Morgan fingerprint density at radius 2 is 1.63 bits per heavy atom. The summed E-state index contributed by atoms with van der Waals surface area (Å²) in [5.41, 5.74) is 4.72. The Morgan fingerprint density at radius 3 is 2.29 bits per heavy atom. The van der Waals surface area contributed by atoms with Gasteiger partial charge in [-0.05, 0) is 59.8 Å². The molecule has 35 heavy (non-hydrogen) atoms. The number of carboxylic acids is 1. The maximum absolute atomic E-state index is 13.1. The van der Waals surface area contributed by atoms with Gasteiger partial charge in [-0.2, -0.15) is 0 Å². The lowest BCUT2D eigenvalue weighted by atomic mass is 9.72. The van der Waals surface area contributed by atoms with E-state index in [-0.39, 0.29) is 36.3 Å². The highest BCUT2D eigenvalue weighted by molar-refractivity contribution is 5.84. The first-order valence-corrected chi connectivity index (χ1v) is 12.6. The monoisotopic (exact) mass is 474 g/mol. The van der Waals surface area contributed by atoms with Crippen LogP contribution in [0.1, 0.15) is 42.7 Å². The zero-order valence-electron chi connectivity index (χ0n) is 19.6. The van der Waals surface area contributed by atoms with Gasteiger partial charge in [0.1, 0.15) is 6.61 Å². The second-order valence-electron chi connectivity index (χ2n) is 10.5. The Bertz CT molecular complexity index is 1130.